The maximum atomic E-state index is 14.2. The molecule has 2 aromatic carbocycles. The van der Waals surface area contributed by atoms with Crippen molar-refractivity contribution in [2.24, 2.45) is 0 Å². The molecule has 0 bridgehead atoms. The molecule has 106 valence electrons. The summed E-state index contributed by atoms with van der Waals surface area (Å²) in [5.74, 6) is -0.184. The SMILES string of the molecule is CCNC(c1cc(Br)ccc1F)c1cccc(C)c1I. The first-order valence-electron chi connectivity index (χ1n) is 6.48. The van der Waals surface area contributed by atoms with Gasteiger partial charge in [0, 0.05) is 13.6 Å². The third-order valence-electron chi connectivity index (χ3n) is 3.21. The molecule has 0 spiro atoms. The first-order valence-corrected chi connectivity index (χ1v) is 8.35. The quantitative estimate of drug-likeness (QED) is 0.635. The molecule has 0 aliphatic heterocycles. The molecule has 0 aromatic heterocycles. The van der Waals surface area contributed by atoms with E-state index in [1.54, 1.807) is 6.07 Å². The van der Waals surface area contributed by atoms with Crippen LogP contribution in [0.4, 0.5) is 4.39 Å². The predicted molar refractivity (Wildman–Crippen MR) is 93.5 cm³/mol. The van der Waals surface area contributed by atoms with E-state index in [2.05, 4.69) is 62.9 Å². The molecule has 2 aromatic rings. The molecule has 20 heavy (non-hydrogen) atoms. The maximum Gasteiger partial charge on any atom is 0.128 e. The third kappa shape index (κ3) is 3.40. The Morgan fingerprint density at radius 2 is 2.00 bits per heavy atom. The summed E-state index contributed by atoms with van der Waals surface area (Å²) >= 11 is 5.76. The molecular weight excluding hydrogens is 432 g/mol. The third-order valence-corrected chi connectivity index (χ3v) is 5.18. The van der Waals surface area contributed by atoms with Gasteiger partial charge in [-0.15, -0.1) is 0 Å². The Balaban J connectivity index is 2.56. The Kier molecular flexibility index (Phi) is 5.57. The number of hydrogen-bond donors (Lipinski definition) is 1. The number of benzene rings is 2. The summed E-state index contributed by atoms with van der Waals surface area (Å²) in [6, 6.07) is 11.1. The molecule has 0 saturated heterocycles. The molecule has 1 atom stereocenters. The van der Waals surface area contributed by atoms with E-state index in [1.165, 1.54) is 15.2 Å². The predicted octanol–water partition coefficient (Wildman–Crippen LogP) is 5.20. The molecule has 1 nitrogen and oxygen atoms in total. The van der Waals surface area contributed by atoms with Crippen molar-refractivity contribution in [3.8, 4) is 0 Å². The molecule has 0 heterocycles. The van der Waals surface area contributed by atoms with E-state index >= 15 is 0 Å². The average molecular weight is 448 g/mol. The summed E-state index contributed by atoms with van der Waals surface area (Å²) in [5, 5.41) is 3.39. The minimum Gasteiger partial charge on any atom is -0.306 e. The lowest BCUT2D eigenvalue weighted by molar-refractivity contribution is 0.557. The van der Waals surface area contributed by atoms with Crippen LogP contribution < -0.4 is 5.32 Å². The van der Waals surface area contributed by atoms with Gasteiger partial charge >= 0.3 is 0 Å². The van der Waals surface area contributed by atoms with Gasteiger partial charge in [0.2, 0.25) is 0 Å². The van der Waals surface area contributed by atoms with E-state index in [-0.39, 0.29) is 11.9 Å². The average Bonchev–Trinajstić information content (AvgIpc) is 2.43. The number of aryl methyl sites for hydroxylation is 1. The highest BCUT2D eigenvalue weighted by atomic mass is 127. The second kappa shape index (κ2) is 7.00. The molecule has 0 saturated carbocycles. The molecule has 4 heteroatoms. The van der Waals surface area contributed by atoms with Gasteiger partial charge in [-0.3, -0.25) is 0 Å². The first kappa shape index (κ1) is 15.9. The largest absolute Gasteiger partial charge is 0.306 e. The highest BCUT2D eigenvalue weighted by molar-refractivity contribution is 14.1. The summed E-state index contributed by atoms with van der Waals surface area (Å²) in [5.41, 5.74) is 3.00. The first-order chi connectivity index (χ1) is 9.54. The molecule has 0 aliphatic carbocycles. The van der Waals surface area contributed by atoms with Crippen molar-refractivity contribution in [2.75, 3.05) is 6.54 Å². The Bertz CT molecular complexity index is 613. The lowest BCUT2D eigenvalue weighted by Gasteiger charge is -2.22. The molecule has 0 amide bonds. The Labute approximate surface area is 141 Å². The van der Waals surface area contributed by atoms with Gasteiger partial charge < -0.3 is 5.32 Å². The van der Waals surface area contributed by atoms with Crippen LogP contribution in [0.5, 0.6) is 0 Å². The minimum atomic E-state index is -0.184. The summed E-state index contributed by atoms with van der Waals surface area (Å²) < 4.78 is 16.3. The van der Waals surface area contributed by atoms with Gasteiger partial charge in [-0.05, 0) is 65.4 Å². The summed E-state index contributed by atoms with van der Waals surface area (Å²) in [6.07, 6.45) is 0. The molecule has 1 N–H and O–H groups in total. The summed E-state index contributed by atoms with van der Waals surface area (Å²) in [7, 11) is 0. The molecule has 0 aliphatic rings. The van der Waals surface area contributed by atoms with E-state index < -0.39 is 0 Å². The highest BCUT2D eigenvalue weighted by Crippen LogP contribution is 2.31. The summed E-state index contributed by atoms with van der Waals surface area (Å²) in [4.78, 5) is 0. The summed E-state index contributed by atoms with van der Waals surface area (Å²) in [6.45, 7) is 4.89. The van der Waals surface area contributed by atoms with Gasteiger partial charge in [0.05, 0.1) is 6.04 Å². The Morgan fingerprint density at radius 1 is 1.25 bits per heavy atom. The van der Waals surface area contributed by atoms with E-state index in [9.17, 15) is 4.39 Å². The van der Waals surface area contributed by atoms with Crippen molar-refractivity contribution in [3.05, 3.63) is 66.9 Å². The monoisotopic (exact) mass is 447 g/mol. The molecular formula is C16H16BrFIN. The van der Waals surface area contributed by atoms with Crippen LogP contribution in [0.2, 0.25) is 0 Å². The van der Waals surface area contributed by atoms with Crippen LogP contribution in [0.15, 0.2) is 40.9 Å². The van der Waals surface area contributed by atoms with Gasteiger partial charge in [0.25, 0.3) is 0 Å². The van der Waals surface area contributed by atoms with Crippen molar-refractivity contribution in [1.29, 1.82) is 0 Å². The van der Waals surface area contributed by atoms with Crippen molar-refractivity contribution in [2.45, 2.75) is 19.9 Å². The molecule has 0 radical (unpaired) electrons. The zero-order valence-electron chi connectivity index (χ0n) is 11.4. The van der Waals surface area contributed by atoms with Gasteiger partial charge in [0.15, 0.2) is 0 Å². The van der Waals surface area contributed by atoms with Gasteiger partial charge in [-0.1, -0.05) is 41.1 Å². The lowest BCUT2D eigenvalue weighted by atomic mass is 9.97. The van der Waals surface area contributed by atoms with Crippen LogP contribution in [0.3, 0.4) is 0 Å². The molecule has 1 unspecified atom stereocenters. The standard InChI is InChI=1S/C16H16BrFIN/c1-3-20-16(12-6-4-5-10(2)15(12)19)13-9-11(17)7-8-14(13)18/h4-9,16,20H,3H2,1-2H3. The Morgan fingerprint density at radius 3 is 2.70 bits per heavy atom. The number of nitrogens with one attached hydrogen (secondary N) is 1. The van der Waals surface area contributed by atoms with Crippen LogP contribution in [0.25, 0.3) is 0 Å². The molecule has 0 fully saturated rings. The van der Waals surface area contributed by atoms with Crippen molar-refractivity contribution < 1.29 is 4.39 Å². The highest BCUT2D eigenvalue weighted by Gasteiger charge is 2.20. The van der Waals surface area contributed by atoms with E-state index in [0.717, 1.165) is 16.6 Å². The zero-order valence-corrected chi connectivity index (χ0v) is 15.1. The van der Waals surface area contributed by atoms with E-state index in [1.807, 2.05) is 19.1 Å². The van der Waals surface area contributed by atoms with Gasteiger partial charge in [0.1, 0.15) is 5.82 Å². The van der Waals surface area contributed by atoms with Crippen LogP contribution in [0.1, 0.15) is 29.7 Å². The van der Waals surface area contributed by atoms with Crippen molar-refractivity contribution >= 4 is 38.5 Å². The fourth-order valence-corrected chi connectivity index (χ4v) is 3.27. The van der Waals surface area contributed by atoms with Crippen LogP contribution in [-0.4, -0.2) is 6.54 Å². The second-order valence-electron chi connectivity index (χ2n) is 4.63. The topological polar surface area (TPSA) is 12.0 Å². The van der Waals surface area contributed by atoms with Crippen LogP contribution >= 0.6 is 38.5 Å². The minimum absolute atomic E-state index is 0.135. The van der Waals surface area contributed by atoms with Crippen LogP contribution in [-0.2, 0) is 0 Å². The van der Waals surface area contributed by atoms with Gasteiger partial charge in [-0.25, -0.2) is 4.39 Å². The fourth-order valence-electron chi connectivity index (χ4n) is 2.22. The second-order valence-corrected chi connectivity index (χ2v) is 6.63. The van der Waals surface area contributed by atoms with Crippen molar-refractivity contribution in [3.63, 3.8) is 0 Å². The van der Waals surface area contributed by atoms with Crippen molar-refractivity contribution in [1.82, 2.24) is 5.32 Å². The smallest absolute Gasteiger partial charge is 0.128 e. The fraction of sp³-hybridized carbons (Fsp3) is 0.250. The lowest BCUT2D eigenvalue weighted by Crippen LogP contribution is -2.24. The van der Waals surface area contributed by atoms with E-state index in [0.29, 0.717) is 5.56 Å². The van der Waals surface area contributed by atoms with Gasteiger partial charge in [-0.2, -0.15) is 0 Å². The maximum absolute atomic E-state index is 14.2. The number of hydrogen-bond acceptors (Lipinski definition) is 1. The zero-order chi connectivity index (χ0) is 14.7. The van der Waals surface area contributed by atoms with Crippen LogP contribution in [0, 0.1) is 16.3 Å². The normalized spacial score (nSPS) is 12.4. The number of rotatable bonds is 4. The number of halogens is 3. The Hall–Kier alpha value is -0.460. The van der Waals surface area contributed by atoms with E-state index in [4.69, 9.17) is 0 Å². The molecule has 2 rings (SSSR count).